The number of amides is 1. The molecule has 0 spiro atoms. The number of alkyl halides is 2. The van der Waals surface area contributed by atoms with Crippen LogP contribution in [0, 0.1) is 13.8 Å². The second-order valence-electron chi connectivity index (χ2n) is 5.64. The van der Waals surface area contributed by atoms with Crippen molar-refractivity contribution in [1.82, 2.24) is 4.98 Å². The van der Waals surface area contributed by atoms with E-state index in [2.05, 4.69) is 15.0 Å². The summed E-state index contributed by atoms with van der Waals surface area (Å²) in [6, 6.07) is 11.8. The summed E-state index contributed by atoms with van der Waals surface area (Å²) < 4.78 is 28.7. The summed E-state index contributed by atoms with van der Waals surface area (Å²) in [4.78, 5) is 16.8. The van der Waals surface area contributed by atoms with Crippen molar-refractivity contribution in [2.75, 3.05) is 5.32 Å². The van der Waals surface area contributed by atoms with Crippen molar-refractivity contribution in [1.29, 1.82) is 0 Å². The van der Waals surface area contributed by atoms with E-state index in [-0.39, 0.29) is 11.7 Å². The number of thiazole rings is 1. The number of rotatable bonds is 5. The van der Waals surface area contributed by atoms with Gasteiger partial charge < -0.3 is 4.74 Å². The Morgan fingerprint density at radius 1 is 1.15 bits per heavy atom. The molecule has 2 aromatic carbocycles. The first-order valence-electron chi connectivity index (χ1n) is 7.82. The average Bonchev–Trinajstić information content (AvgIpc) is 3.06. The SMILES string of the molecule is Cc1cccc(C(=O)Nc2nc(-c3ccc(OC(F)F)cc3)cs2)c1C. The van der Waals surface area contributed by atoms with Crippen LogP contribution in [0.1, 0.15) is 21.5 Å². The number of anilines is 1. The van der Waals surface area contributed by atoms with E-state index in [0.29, 0.717) is 16.4 Å². The second kappa shape index (κ2) is 7.61. The van der Waals surface area contributed by atoms with E-state index in [0.717, 1.165) is 16.7 Å². The van der Waals surface area contributed by atoms with Gasteiger partial charge in [0.25, 0.3) is 5.91 Å². The summed E-state index contributed by atoms with van der Waals surface area (Å²) in [5.41, 5.74) is 3.97. The minimum atomic E-state index is -2.85. The monoisotopic (exact) mass is 374 g/mol. The molecule has 0 aliphatic heterocycles. The molecule has 134 valence electrons. The summed E-state index contributed by atoms with van der Waals surface area (Å²) in [7, 11) is 0. The van der Waals surface area contributed by atoms with E-state index >= 15 is 0 Å². The summed E-state index contributed by atoms with van der Waals surface area (Å²) in [6.07, 6.45) is 0. The molecule has 0 aliphatic carbocycles. The molecule has 0 bridgehead atoms. The maximum absolute atomic E-state index is 12.4. The zero-order valence-corrected chi connectivity index (χ0v) is 14.9. The summed E-state index contributed by atoms with van der Waals surface area (Å²) >= 11 is 1.30. The molecule has 3 rings (SSSR count). The molecular weight excluding hydrogens is 358 g/mol. The minimum absolute atomic E-state index is 0.0856. The van der Waals surface area contributed by atoms with Gasteiger partial charge in [-0.2, -0.15) is 8.78 Å². The fourth-order valence-electron chi connectivity index (χ4n) is 2.43. The van der Waals surface area contributed by atoms with Gasteiger partial charge in [-0.05, 0) is 55.3 Å². The van der Waals surface area contributed by atoms with Gasteiger partial charge in [0.15, 0.2) is 5.13 Å². The first-order chi connectivity index (χ1) is 12.4. The minimum Gasteiger partial charge on any atom is -0.435 e. The van der Waals surface area contributed by atoms with E-state index in [9.17, 15) is 13.6 Å². The molecule has 26 heavy (non-hydrogen) atoms. The Labute approximate surface area is 153 Å². The largest absolute Gasteiger partial charge is 0.435 e. The number of nitrogens with zero attached hydrogens (tertiary/aromatic N) is 1. The van der Waals surface area contributed by atoms with Gasteiger partial charge in [0.2, 0.25) is 0 Å². The molecule has 0 fully saturated rings. The fourth-order valence-corrected chi connectivity index (χ4v) is 3.15. The number of nitrogens with one attached hydrogen (secondary N) is 1. The van der Waals surface area contributed by atoms with Gasteiger partial charge in [0.1, 0.15) is 5.75 Å². The lowest BCUT2D eigenvalue weighted by atomic mass is 10.0. The number of aromatic nitrogens is 1. The molecule has 0 unspecified atom stereocenters. The van der Waals surface area contributed by atoms with Crippen LogP contribution in [0.25, 0.3) is 11.3 Å². The quantitative estimate of drug-likeness (QED) is 0.661. The van der Waals surface area contributed by atoms with Crippen molar-refractivity contribution in [3.8, 4) is 17.0 Å². The van der Waals surface area contributed by atoms with Gasteiger partial charge in [-0.1, -0.05) is 12.1 Å². The normalized spacial score (nSPS) is 10.8. The van der Waals surface area contributed by atoms with E-state index in [1.165, 1.54) is 23.5 Å². The topological polar surface area (TPSA) is 51.2 Å². The average molecular weight is 374 g/mol. The number of hydrogen-bond acceptors (Lipinski definition) is 4. The van der Waals surface area contributed by atoms with Gasteiger partial charge in [-0.25, -0.2) is 4.98 Å². The molecule has 0 saturated heterocycles. The van der Waals surface area contributed by atoms with Crippen LogP contribution in [0.5, 0.6) is 5.75 Å². The number of ether oxygens (including phenoxy) is 1. The molecule has 3 aromatic rings. The molecule has 1 aromatic heterocycles. The highest BCUT2D eigenvalue weighted by Gasteiger charge is 2.13. The van der Waals surface area contributed by atoms with Crippen LogP contribution in [0.15, 0.2) is 47.8 Å². The molecule has 1 heterocycles. The molecular formula is C19H16F2N2O2S. The molecule has 1 amide bonds. The van der Waals surface area contributed by atoms with Crippen LogP contribution in [-0.4, -0.2) is 17.5 Å². The van der Waals surface area contributed by atoms with Crippen molar-refractivity contribution in [3.63, 3.8) is 0 Å². The van der Waals surface area contributed by atoms with Crippen LogP contribution >= 0.6 is 11.3 Å². The maximum Gasteiger partial charge on any atom is 0.387 e. The lowest BCUT2D eigenvalue weighted by Crippen LogP contribution is -2.13. The molecule has 1 N–H and O–H groups in total. The van der Waals surface area contributed by atoms with Crippen LogP contribution in [0.2, 0.25) is 0 Å². The van der Waals surface area contributed by atoms with E-state index < -0.39 is 6.61 Å². The number of benzene rings is 2. The Hall–Kier alpha value is -2.80. The molecule has 0 atom stereocenters. The molecule has 7 heteroatoms. The highest BCUT2D eigenvalue weighted by Crippen LogP contribution is 2.27. The summed E-state index contributed by atoms with van der Waals surface area (Å²) in [5, 5.41) is 5.06. The number of carbonyl (C=O) groups is 1. The Morgan fingerprint density at radius 2 is 1.88 bits per heavy atom. The Kier molecular flexibility index (Phi) is 5.27. The van der Waals surface area contributed by atoms with Crippen LogP contribution in [-0.2, 0) is 0 Å². The first-order valence-corrected chi connectivity index (χ1v) is 8.70. The van der Waals surface area contributed by atoms with E-state index in [1.807, 2.05) is 26.0 Å². The van der Waals surface area contributed by atoms with Crippen molar-refractivity contribution in [2.24, 2.45) is 0 Å². The molecule has 0 saturated carbocycles. The Balaban J connectivity index is 1.73. The second-order valence-corrected chi connectivity index (χ2v) is 6.50. The van der Waals surface area contributed by atoms with Gasteiger partial charge in [0.05, 0.1) is 5.69 Å². The van der Waals surface area contributed by atoms with Crippen LogP contribution in [0.4, 0.5) is 13.9 Å². The van der Waals surface area contributed by atoms with Crippen molar-refractivity contribution in [3.05, 3.63) is 64.5 Å². The van der Waals surface area contributed by atoms with Crippen molar-refractivity contribution < 1.29 is 18.3 Å². The summed E-state index contributed by atoms with van der Waals surface area (Å²) in [6.45, 7) is 1.00. The highest BCUT2D eigenvalue weighted by atomic mass is 32.1. The first kappa shape index (κ1) is 18.0. The molecule has 0 aliphatic rings. The third-order valence-electron chi connectivity index (χ3n) is 3.95. The number of halogens is 2. The molecule has 4 nitrogen and oxygen atoms in total. The fraction of sp³-hybridized carbons (Fsp3) is 0.158. The third kappa shape index (κ3) is 4.05. The highest BCUT2D eigenvalue weighted by molar-refractivity contribution is 7.14. The Morgan fingerprint density at radius 3 is 2.58 bits per heavy atom. The van der Waals surface area contributed by atoms with Gasteiger partial charge in [0, 0.05) is 16.5 Å². The zero-order chi connectivity index (χ0) is 18.7. The van der Waals surface area contributed by atoms with Crippen molar-refractivity contribution in [2.45, 2.75) is 20.5 Å². The smallest absolute Gasteiger partial charge is 0.387 e. The third-order valence-corrected chi connectivity index (χ3v) is 4.71. The lowest BCUT2D eigenvalue weighted by Gasteiger charge is -2.07. The van der Waals surface area contributed by atoms with E-state index in [4.69, 9.17) is 0 Å². The van der Waals surface area contributed by atoms with Crippen molar-refractivity contribution >= 4 is 22.4 Å². The lowest BCUT2D eigenvalue weighted by molar-refractivity contribution is -0.0498. The maximum atomic E-state index is 12.4. The summed E-state index contributed by atoms with van der Waals surface area (Å²) in [5.74, 6) is -0.129. The predicted octanol–water partition coefficient (Wildman–Crippen LogP) is 5.28. The Bertz CT molecular complexity index is 924. The molecule has 0 radical (unpaired) electrons. The standard InChI is InChI=1S/C19H16F2N2O2S/c1-11-4-3-5-15(12(11)2)17(24)23-19-22-16(10-26-19)13-6-8-14(9-7-13)25-18(20)21/h3-10,18H,1-2H3,(H,22,23,24). The van der Waals surface area contributed by atoms with Gasteiger partial charge in [-0.15, -0.1) is 11.3 Å². The predicted molar refractivity (Wildman–Crippen MR) is 98.1 cm³/mol. The number of carbonyl (C=O) groups excluding carboxylic acids is 1. The van der Waals surface area contributed by atoms with Gasteiger partial charge >= 0.3 is 6.61 Å². The zero-order valence-electron chi connectivity index (χ0n) is 14.1. The van der Waals surface area contributed by atoms with E-state index in [1.54, 1.807) is 23.6 Å². The number of hydrogen-bond donors (Lipinski definition) is 1. The number of aryl methyl sites for hydroxylation is 1. The van der Waals surface area contributed by atoms with Crippen LogP contribution < -0.4 is 10.1 Å². The van der Waals surface area contributed by atoms with Gasteiger partial charge in [-0.3, -0.25) is 10.1 Å². The van der Waals surface area contributed by atoms with Crippen LogP contribution in [0.3, 0.4) is 0 Å².